The number of nitrogens with zero attached hydrogens (tertiary/aromatic N) is 1. The zero-order valence-electron chi connectivity index (χ0n) is 12.5. The average molecular weight is 293 g/mol. The van der Waals surface area contributed by atoms with Crippen LogP contribution in [-0.4, -0.2) is 36.5 Å². The van der Waals surface area contributed by atoms with Gasteiger partial charge in [0.1, 0.15) is 5.82 Å². The summed E-state index contributed by atoms with van der Waals surface area (Å²) in [5.74, 6) is 0.216. The second kappa shape index (κ2) is 7.52. The molecule has 116 valence electrons. The normalized spacial score (nSPS) is 21.0. The fraction of sp³-hybridized carbons (Fsp3) is 0.562. The molecule has 1 amide bonds. The Morgan fingerprint density at radius 1 is 1.48 bits per heavy atom. The zero-order chi connectivity index (χ0) is 15.2. The maximum absolute atomic E-state index is 12.8. The highest BCUT2D eigenvalue weighted by molar-refractivity contribution is 5.78. The molecule has 1 aliphatic heterocycles. The molecule has 0 aromatic heterocycles. The lowest BCUT2D eigenvalue weighted by atomic mass is 9.92. The van der Waals surface area contributed by atoms with Crippen molar-refractivity contribution in [3.63, 3.8) is 0 Å². The Morgan fingerprint density at radius 3 is 2.86 bits per heavy atom. The van der Waals surface area contributed by atoms with E-state index in [0.717, 1.165) is 31.5 Å². The first-order valence-electron chi connectivity index (χ1n) is 7.53. The highest BCUT2D eigenvalue weighted by Gasteiger charge is 2.23. The van der Waals surface area contributed by atoms with Crippen LogP contribution in [0.4, 0.5) is 4.39 Å². The van der Waals surface area contributed by atoms with Gasteiger partial charge in [0.15, 0.2) is 0 Å². The van der Waals surface area contributed by atoms with Crippen molar-refractivity contribution in [2.45, 2.75) is 32.4 Å². The molecule has 0 saturated carbocycles. The second-order valence-electron chi connectivity index (χ2n) is 5.90. The largest absolute Gasteiger partial charge is 0.351 e. The third kappa shape index (κ3) is 5.10. The van der Waals surface area contributed by atoms with Crippen molar-refractivity contribution in [3.05, 3.63) is 35.6 Å². The van der Waals surface area contributed by atoms with Crippen LogP contribution in [0.15, 0.2) is 24.3 Å². The molecule has 0 bridgehead atoms. The van der Waals surface area contributed by atoms with E-state index in [4.69, 9.17) is 5.73 Å². The summed E-state index contributed by atoms with van der Waals surface area (Å²) in [5.41, 5.74) is 6.85. The van der Waals surface area contributed by atoms with Gasteiger partial charge in [0, 0.05) is 19.1 Å². The number of halogens is 1. The van der Waals surface area contributed by atoms with E-state index in [-0.39, 0.29) is 17.8 Å². The Bertz CT molecular complexity index is 461. The van der Waals surface area contributed by atoms with Gasteiger partial charge in [-0.3, -0.25) is 9.69 Å². The van der Waals surface area contributed by atoms with Gasteiger partial charge in [-0.25, -0.2) is 4.39 Å². The highest BCUT2D eigenvalue weighted by atomic mass is 19.1. The molecule has 1 saturated heterocycles. The molecule has 2 atom stereocenters. The van der Waals surface area contributed by atoms with Crippen LogP contribution in [-0.2, 0) is 11.3 Å². The molecule has 4 nitrogen and oxygen atoms in total. The minimum absolute atomic E-state index is 0.00431. The first kappa shape index (κ1) is 15.9. The summed E-state index contributed by atoms with van der Waals surface area (Å²) < 4.78 is 12.8. The molecule has 1 aliphatic rings. The van der Waals surface area contributed by atoms with Crippen LogP contribution in [0.1, 0.15) is 25.3 Å². The number of nitrogens with two attached hydrogens (primary N) is 1. The molecule has 1 heterocycles. The standard InChI is InChI=1S/C16H24FN3O/c1-12(18)14-3-2-8-20(10-14)11-16(21)19-9-13-4-6-15(17)7-5-13/h4-7,12,14H,2-3,8-11,18H2,1H3,(H,19,21). The van der Waals surface area contributed by atoms with E-state index in [1.807, 2.05) is 6.92 Å². The summed E-state index contributed by atoms with van der Waals surface area (Å²) in [5, 5.41) is 2.88. The van der Waals surface area contributed by atoms with E-state index < -0.39 is 0 Å². The molecular weight excluding hydrogens is 269 g/mol. The summed E-state index contributed by atoms with van der Waals surface area (Å²) in [6.45, 7) is 4.71. The molecule has 2 unspecified atom stereocenters. The van der Waals surface area contributed by atoms with Crippen molar-refractivity contribution >= 4 is 5.91 Å². The highest BCUT2D eigenvalue weighted by Crippen LogP contribution is 2.18. The fourth-order valence-electron chi connectivity index (χ4n) is 2.73. The summed E-state index contributed by atoms with van der Waals surface area (Å²) in [7, 11) is 0. The minimum atomic E-state index is -0.264. The van der Waals surface area contributed by atoms with Crippen molar-refractivity contribution in [1.29, 1.82) is 0 Å². The SMILES string of the molecule is CC(N)C1CCCN(CC(=O)NCc2ccc(F)cc2)C1. The Morgan fingerprint density at radius 2 is 2.19 bits per heavy atom. The first-order valence-corrected chi connectivity index (χ1v) is 7.53. The van der Waals surface area contributed by atoms with Gasteiger partial charge in [-0.05, 0) is 49.9 Å². The van der Waals surface area contributed by atoms with E-state index >= 15 is 0 Å². The molecule has 21 heavy (non-hydrogen) atoms. The van der Waals surface area contributed by atoms with Gasteiger partial charge >= 0.3 is 0 Å². The monoisotopic (exact) mass is 293 g/mol. The Hall–Kier alpha value is -1.46. The minimum Gasteiger partial charge on any atom is -0.351 e. The van der Waals surface area contributed by atoms with Crippen LogP contribution in [0.25, 0.3) is 0 Å². The van der Waals surface area contributed by atoms with Crippen LogP contribution in [0.5, 0.6) is 0 Å². The van der Waals surface area contributed by atoms with E-state index in [0.29, 0.717) is 19.0 Å². The number of rotatable bonds is 5. The molecule has 0 aliphatic carbocycles. The molecule has 3 N–H and O–H groups in total. The van der Waals surface area contributed by atoms with Crippen molar-refractivity contribution in [2.75, 3.05) is 19.6 Å². The van der Waals surface area contributed by atoms with Crippen molar-refractivity contribution in [1.82, 2.24) is 10.2 Å². The van der Waals surface area contributed by atoms with Crippen molar-refractivity contribution in [3.8, 4) is 0 Å². The number of carbonyl (C=O) groups is 1. The quantitative estimate of drug-likeness (QED) is 0.865. The number of hydrogen-bond acceptors (Lipinski definition) is 3. The van der Waals surface area contributed by atoms with Gasteiger partial charge in [0.2, 0.25) is 5.91 Å². The van der Waals surface area contributed by atoms with Crippen LogP contribution in [0.2, 0.25) is 0 Å². The van der Waals surface area contributed by atoms with E-state index in [9.17, 15) is 9.18 Å². The van der Waals surface area contributed by atoms with E-state index in [1.165, 1.54) is 12.1 Å². The maximum atomic E-state index is 12.8. The summed E-state index contributed by atoms with van der Waals surface area (Å²) >= 11 is 0. The fourth-order valence-corrected chi connectivity index (χ4v) is 2.73. The van der Waals surface area contributed by atoms with Gasteiger partial charge in [0.05, 0.1) is 6.54 Å². The van der Waals surface area contributed by atoms with E-state index in [1.54, 1.807) is 12.1 Å². The van der Waals surface area contributed by atoms with Crippen LogP contribution in [0, 0.1) is 11.7 Å². The summed E-state index contributed by atoms with van der Waals surface area (Å²) in [6.07, 6.45) is 2.24. The summed E-state index contributed by atoms with van der Waals surface area (Å²) in [4.78, 5) is 14.1. The summed E-state index contributed by atoms with van der Waals surface area (Å²) in [6, 6.07) is 6.35. The van der Waals surface area contributed by atoms with Gasteiger partial charge in [-0.15, -0.1) is 0 Å². The number of carbonyl (C=O) groups excluding carboxylic acids is 1. The molecular formula is C16H24FN3O. The van der Waals surface area contributed by atoms with Crippen LogP contribution < -0.4 is 11.1 Å². The predicted octanol–water partition coefficient (Wildman–Crippen LogP) is 1.50. The first-order chi connectivity index (χ1) is 10.0. The lowest BCUT2D eigenvalue weighted by molar-refractivity contribution is -0.122. The van der Waals surface area contributed by atoms with Crippen molar-refractivity contribution < 1.29 is 9.18 Å². The number of nitrogens with one attached hydrogen (secondary N) is 1. The van der Waals surface area contributed by atoms with Crippen LogP contribution >= 0.6 is 0 Å². The smallest absolute Gasteiger partial charge is 0.234 e. The Kier molecular flexibility index (Phi) is 5.70. The van der Waals surface area contributed by atoms with Gasteiger partial charge in [0.25, 0.3) is 0 Å². The number of piperidine rings is 1. The molecule has 1 aromatic carbocycles. The van der Waals surface area contributed by atoms with Crippen molar-refractivity contribution in [2.24, 2.45) is 11.7 Å². The topological polar surface area (TPSA) is 58.4 Å². The maximum Gasteiger partial charge on any atom is 0.234 e. The van der Waals surface area contributed by atoms with Crippen LogP contribution in [0.3, 0.4) is 0 Å². The van der Waals surface area contributed by atoms with Gasteiger partial charge < -0.3 is 11.1 Å². The second-order valence-corrected chi connectivity index (χ2v) is 5.90. The molecule has 1 fully saturated rings. The Labute approximate surface area is 125 Å². The third-order valence-corrected chi connectivity index (χ3v) is 4.06. The van der Waals surface area contributed by atoms with Gasteiger partial charge in [-0.2, -0.15) is 0 Å². The number of benzene rings is 1. The number of likely N-dealkylation sites (tertiary alicyclic amines) is 1. The van der Waals surface area contributed by atoms with Gasteiger partial charge in [-0.1, -0.05) is 12.1 Å². The van der Waals surface area contributed by atoms with E-state index in [2.05, 4.69) is 10.2 Å². The lowest BCUT2D eigenvalue weighted by Crippen LogP contribution is -2.46. The molecule has 0 spiro atoms. The predicted molar refractivity (Wildman–Crippen MR) is 81.1 cm³/mol. The lowest BCUT2D eigenvalue weighted by Gasteiger charge is -2.34. The number of hydrogen-bond donors (Lipinski definition) is 2. The average Bonchev–Trinajstić information content (AvgIpc) is 2.47. The third-order valence-electron chi connectivity index (χ3n) is 4.06. The molecule has 0 radical (unpaired) electrons. The zero-order valence-corrected chi connectivity index (χ0v) is 12.5. The molecule has 1 aromatic rings. The number of amides is 1. The Balaban J connectivity index is 1.75. The molecule has 5 heteroatoms. The molecule has 2 rings (SSSR count).